The Kier molecular flexibility index (Phi) is 4.36. The first-order valence-corrected chi connectivity index (χ1v) is 7.41. The average molecular weight is 295 g/mol. The Labute approximate surface area is 117 Å². The molecule has 0 radical (unpaired) electrons. The topological polar surface area (TPSA) is 69.4 Å². The van der Waals surface area contributed by atoms with Crippen molar-refractivity contribution < 1.29 is 17.0 Å². The minimum absolute atomic E-state index is 0.0927. The van der Waals surface area contributed by atoms with Crippen LogP contribution < -0.4 is 9.92 Å². The molecule has 6 heteroatoms. The molecule has 0 unspecified atom stereocenters. The Balaban J connectivity index is 2.17. The number of hydrogen-bond donors (Lipinski definition) is 1. The third kappa shape index (κ3) is 3.55. The van der Waals surface area contributed by atoms with Crippen LogP contribution in [0, 0.1) is 5.82 Å². The summed E-state index contributed by atoms with van der Waals surface area (Å²) < 4.78 is 41.7. The van der Waals surface area contributed by atoms with Gasteiger partial charge >= 0.3 is 10.1 Å². The lowest BCUT2D eigenvalue weighted by atomic mass is 10.1. The Hall–Kier alpha value is -1.92. The van der Waals surface area contributed by atoms with Crippen molar-refractivity contribution in [2.75, 3.05) is 6.54 Å². The van der Waals surface area contributed by atoms with Gasteiger partial charge in [0.25, 0.3) is 0 Å². The number of rotatable bonds is 5. The van der Waals surface area contributed by atoms with Crippen molar-refractivity contribution in [1.82, 2.24) is 0 Å². The molecular formula is C14H14FNO3S. The molecule has 106 valence electrons. The largest absolute Gasteiger partial charge is 0.379 e. The molecule has 0 aliphatic rings. The van der Waals surface area contributed by atoms with Gasteiger partial charge in [-0.05, 0) is 54.9 Å². The number of nitrogens with two attached hydrogens (primary N) is 1. The zero-order valence-electron chi connectivity index (χ0n) is 10.6. The van der Waals surface area contributed by atoms with Crippen molar-refractivity contribution in [3.05, 3.63) is 59.9 Å². The van der Waals surface area contributed by atoms with E-state index in [2.05, 4.69) is 0 Å². The Bertz CT molecular complexity index is 667. The van der Waals surface area contributed by atoms with Crippen molar-refractivity contribution >= 4 is 10.1 Å². The van der Waals surface area contributed by atoms with E-state index >= 15 is 0 Å². The van der Waals surface area contributed by atoms with E-state index in [0.717, 1.165) is 29.8 Å². The van der Waals surface area contributed by atoms with Crippen molar-refractivity contribution in [2.45, 2.75) is 11.3 Å². The van der Waals surface area contributed by atoms with Crippen LogP contribution in [0.25, 0.3) is 0 Å². The first-order valence-electron chi connectivity index (χ1n) is 6.00. The van der Waals surface area contributed by atoms with Crippen LogP contribution in [-0.4, -0.2) is 15.0 Å². The van der Waals surface area contributed by atoms with E-state index in [1.807, 2.05) is 0 Å². The fourth-order valence-corrected chi connectivity index (χ4v) is 2.58. The molecule has 2 rings (SSSR count). The molecule has 2 aromatic carbocycles. The maximum atomic E-state index is 12.8. The van der Waals surface area contributed by atoms with Gasteiger partial charge in [-0.3, -0.25) is 0 Å². The summed E-state index contributed by atoms with van der Waals surface area (Å²) in [5, 5.41) is 0. The molecule has 0 atom stereocenters. The summed E-state index contributed by atoms with van der Waals surface area (Å²) in [7, 11) is -3.95. The molecule has 0 aliphatic carbocycles. The SMILES string of the molecule is NCCc1ccc(OS(=O)(=O)c2ccc(F)cc2)cc1. The van der Waals surface area contributed by atoms with Gasteiger partial charge in [0.15, 0.2) is 0 Å². The lowest BCUT2D eigenvalue weighted by Crippen LogP contribution is -2.10. The van der Waals surface area contributed by atoms with Crippen LogP contribution in [0.1, 0.15) is 5.56 Å². The zero-order valence-corrected chi connectivity index (χ0v) is 11.4. The maximum Gasteiger partial charge on any atom is 0.339 e. The van der Waals surface area contributed by atoms with Gasteiger partial charge in [0, 0.05) is 0 Å². The molecule has 0 spiro atoms. The predicted molar refractivity (Wildman–Crippen MR) is 73.4 cm³/mol. The van der Waals surface area contributed by atoms with Crippen LogP contribution in [-0.2, 0) is 16.5 Å². The summed E-state index contributed by atoms with van der Waals surface area (Å²) in [4.78, 5) is -0.0927. The summed E-state index contributed by atoms with van der Waals surface area (Å²) in [6.45, 7) is 0.522. The summed E-state index contributed by atoms with van der Waals surface area (Å²) in [5.41, 5.74) is 6.43. The smallest absolute Gasteiger partial charge is 0.339 e. The zero-order chi connectivity index (χ0) is 14.6. The Morgan fingerprint density at radius 2 is 1.60 bits per heavy atom. The fourth-order valence-electron chi connectivity index (χ4n) is 1.65. The van der Waals surface area contributed by atoms with Gasteiger partial charge in [0.1, 0.15) is 16.5 Å². The van der Waals surface area contributed by atoms with Crippen molar-refractivity contribution in [2.24, 2.45) is 5.73 Å². The molecule has 0 fully saturated rings. The number of halogens is 1. The molecule has 0 saturated carbocycles. The van der Waals surface area contributed by atoms with Gasteiger partial charge in [-0.1, -0.05) is 12.1 Å². The van der Waals surface area contributed by atoms with Crippen molar-refractivity contribution in [3.8, 4) is 5.75 Å². The van der Waals surface area contributed by atoms with Crippen LogP contribution in [0.4, 0.5) is 4.39 Å². The van der Waals surface area contributed by atoms with Crippen LogP contribution in [0.2, 0.25) is 0 Å². The monoisotopic (exact) mass is 295 g/mol. The average Bonchev–Trinajstić information content (AvgIpc) is 2.41. The van der Waals surface area contributed by atoms with Gasteiger partial charge in [-0.15, -0.1) is 0 Å². The van der Waals surface area contributed by atoms with E-state index in [1.54, 1.807) is 24.3 Å². The molecule has 2 N–H and O–H groups in total. The van der Waals surface area contributed by atoms with E-state index in [-0.39, 0.29) is 10.6 Å². The quantitative estimate of drug-likeness (QED) is 0.858. The van der Waals surface area contributed by atoms with E-state index < -0.39 is 15.9 Å². The van der Waals surface area contributed by atoms with E-state index in [0.29, 0.717) is 13.0 Å². The minimum atomic E-state index is -3.95. The van der Waals surface area contributed by atoms with E-state index in [1.165, 1.54) is 0 Å². The van der Waals surface area contributed by atoms with Crippen LogP contribution in [0.15, 0.2) is 53.4 Å². The molecular weight excluding hydrogens is 281 g/mol. The first-order chi connectivity index (χ1) is 9.51. The Morgan fingerprint density at radius 1 is 1.00 bits per heavy atom. The van der Waals surface area contributed by atoms with E-state index in [4.69, 9.17) is 9.92 Å². The highest BCUT2D eigenvalue weighted by Gasteiger charge is 2.16. The summed E-state index contributed by atoms with van der Waals surface area (Å²) in [6, 6.07) is 11.1. The standard InChI is InChI=1S/C14H14FNO3S/c15-12-3-7-14(8-4-12)20(17,18)19-13-5-1-11(2-6-13)9-10-16/h1-8H,9-10,16H2. The highest BCUT2D eigenvalue weighted by atomic mass is 32.2. The highest BCUT2D eigenvalue weighted by molar-refractivity contribution is 7.87. The lowest BCUT2D eigenvalue weighted by Gasteiger charge is -2.07. The summed E-state index contributed by atoms with van der Waals surface area (Å²) in [6.07, 6.45) is 0.713. The molecule has 4 nitrogen and oxygen atoms in total. The van der Waals surface area contributed by atoms with E-state index in [9.17, 15) is 12.8 Å². The van der Waals surface area contributed by atoms with Gasteiger partial charge < -0.3 is 9.92 Å². The van der Waals surface area contributed by atoms with Gasteiger partial charge in [-0.2, -0.15) is 8.42 Å². The van der Waals surface area contributed by atoms with Crippen LogP contribution >= 0.6 is 0 Å². The summed E-state index contributed by atoms with van der Waals surface area (Å²) in [5.74, 6) is -0.301. The van der Waals surface area contributed by atoms with Crippen molar-refractivity contribution in [1.29, 1.82) is 0 Å². The molecule has 20 heavy (non-hydrogen) atoms. The third-order valence-electron chi connectivity index (χ3n) is 2.66. The number of benzene rings is 2. The predicted octanol–water partition coefficient (Wildman–Crippen LogP) is 2.09. The second-order valence-electron chi connectivity index (χ2n) is 4.17. The van der Waals surface area contributed by atoms with Gasteiger partial charge in [0.05, 0.1) is 0 Å². The normalized spacial score (nSPS) is 11.3. The third-order valence-corrected chi connectivity index (χ3v) is 3.93. The first kappa shape index (κ1) is 14.5. The van der Waals surface area contributed by atoms with Crippen LogP contribution in [0.3, 0.4) is 0 Å². The Morgan fingerprint density at radius 3 is 2.15 bits per heavy atom. The molecule has 0 bridgehead atoms. The minimum Gasteiger partial charge on any atom is -0.379 e. The van der Waals surface area contributed by atoms with Gasteiger partial charge in [0.2, 0.25) is 0 Å². The molecule has 0 aromatic heterocycles. The highest BCUT2D eigenvalue weighted by Crippen LogP contribution is 2.19. The molecule has 2 aromatic rings. The second kappa shape index (κ2) is 6.02. The molecule has 0 heterocycles. The fraction of sp³-hybridized carbons (Fsp3) is 0.143. The van der Waals surface area contributed by atoms with Gasteiger partial charge in [-0.25, -0.2) is 4.39 Å². The second-order valence-corrected chi connectivity index (χ2v) is 5.72. The van der Waals surface area contributed by atoms with Crippen molar-refractivity contribution in [3.63, 3.8) is 0 Å². The maximum absolute atomic E-state index is 12.8. The number of hydrogen-bond acceptors (Lipinski definition) is 4. The van der Waals surface area contributed by atoms with Crippen LogP contribution in [0.5, 0.6) is 5.75 Å². The summed E-state index contributed by atoms with van der Waals surface area (Å²) >= 11 is 0. The lowest BCUT2D eigenvalue weighted by molar-refractivity contribution is 0.485. The molecule has 0 saturated heterocycles. The molecule has 0 amide bonds. The molecule has 0 aliphatic heterocycles.